The molecule has 0 radical (unpaired) electrons. The van der Waals surface area contributed by atoms with E-state index in [2.05, 4.69) is 27.8 Å². The van der Waals surface area contributed by atoms with Crippen molar-refractivity contribution in [2.45, 2.75) is 33.2 Å². The molecule has 1 aromatic carbocycles. The van der Waals surface area contributed by atoms with Gasteiger partial charge in [-0.1, -0.05) is 12.1 Å². The molecule has 0 unspecified atom stereocenters. The van der Waals surface area contributed by atoms with E-state index in [-0.39, 0.29) is 6.03 Å². The Morgan fingerprint density at radius 3 is 3.00 bits per heavy atom. The summed E-state index contributed by atoms with van der Waals surface area (Å²) < 4.78 is 5.50. The number of carbonyl (C=O) groups is 1. The van der Waals surface area contributed by atoms with Crippen LogP contribution in [0.2, 0.25) is 0 Å². The molecule has 0 spiro atoms. The molecule has 2 amide bonds. The van der Waals surface area contributed by atoms with E-state index >= 15 is 0 Å². The van der Waals surface area contributed by atoms with Crippen LogP contribution in [0.4, 0.5) is 4.79 Å². The highest BCUT2D eigenvalue weighted by atomic mass is 32.1. The van der Waals surface area contributed by atoms with E-state index in [9.17, 15) is 4.79 Å². The summed E-state index contributed by atoms with van der Waals surface area (Å²) in [7, 11) is 0. The quantitative estimate of drug-likeness (QED) is 0.885. The first kappa shape index (κ1) is 15.8. The smallest absolute Gasteiger partial charge is 0.315 e. The first-order valence-corrected chi connectivity index (χ1v) is 8.62. The second-order valence-corrected chi connectivity index (χ2v) is 6.93. The molecule has 122 valence electrons. The average Bonchev–Trinajstić information content (AvgIpc) is 3.10. The lowest BCUT2D eigenvalue weighted by Gasteiger charge is -2.08. The molecule has 3 rings (SSSR count). The van der Waals surface area contributed by atoms with Crippen molar-refractivity contribution in [3.8, 4) is 5.75 Å². The number of rotatable bonds is 5. The number of carbonyl (C=O) groups excluding carboxylic acids is 1. The number of hydrogen-bond donors (Lipinski definition) is 2. The number of ether oxygens (including phenoxy) is 1. The number of urea groups is 1. The third-order valence-electron chi connectivity index (χ3n) is 3.86. The van der Waals surface area contributed by atoms with Crippen LogP contribution >= 0.6 is 11.3 Å². The standard InChI is InChI=1S/C17H21N3O2S/c1-11-16(23-12(2)20-11)10-19-17(21)18-7-5-13-3-4-15-14(9-13)6-8-22-15/h3-4,9H,5-8,10H2,1-2H3,(H2,18,19,21). The Bertz CT molecular complexity index is 712. The van der Waals surface area contributed by atoms with Crippen LogP contribution in [0.3, 0.4) is 0 Å². The highest BCUT2D eigenvalue weighted by Crippen LogP contribution is 2.25. The Morgan fingerprint density at radius 1 is 1.35 bits per heavy atom. The molecule has 0 aliphatic carbocycles. The van der Waals surface area contributed by atoms with Crippen molar-refractivity contribution in [1.82, 2.24) is 15.6 Å². The molecular formula is C17H21N3O2S. The van der Waals surface area contributed by atoms with E-state index in [0.29, 0.717) is 13.1 Å². The van der Waals surface area contributed by atoms with Gasteiger partial charge in [0.1, 0.15) is 5.75 Å². The summed E-state index contributed by atoms with van der Waals surface area (Å²) in [6.07, 6.45) is 1.80. The van der Waals surface area contributed by atoms with Crippen molar-refractivity contribution in [2.24, 2.45) is 0 Å². The van der Waals surface area contributed by atoms with E-state index in [1.165, 1.54) is 11.1 Å². The number of thiazole rings is 1. The average molecular weight is 331 g/mol. The van der Waals surface area contributed by atoms with Crippen LogP contribution < -0.4 is 15.4 Å². The van der Waals surface area contributed by atoms with Gasteiger partial charge in [-0.05, 0) is 37.5 Å². The molecule has 0 bridgehead atoms. The molecule has 1 aliphatic heterocycles. The lowest BCUT2D eigenvalue weighted by atomic mass is 10.1. The summed E-state index contributed by atoms with van der Waals surface area (Å²) in [6, 6.07) is 6.12. The second-order valence-electron chi connectivity index (χ2n) is 5.64. The van der Waals surface area contributed by atoms with E-state index in [1.54, 1.807) is 11.3 Å². The highest BCUT2D eigenvalue weighted by molar-refractivity contribution is 7.11. The summed E-state index contributed by atoms with van der Waals surface area (Å²) in [6.45, 7) is 5.86. The monoisotopic (exact) mass is 331 g/mol. The van der Waals surface area contributed by atoms with Crippen molar-refractivity contribution in [1.29, 1.82) is 0 Å². The molecule has 2 heterocycles. The SMILES string of the molecule is Cc1nc(C)c(CNC(=O)NCCc2ccc3c(c2)CCO3)s1. The summed E-state index contributed by atoms with van der Waals surface area (Å²) in [5, 5.41) is 6.81. The maximum Gasteiger partial charge on any atom is 0.315 e. The maximum absolute atomic E-state index is 11.9. The van der Waals surface area contributed by atoms with Gasteiger partial charge in [0.2, 0.25) is 0 Å². The van der Waals surface area contributed by atoms with Crippen molar-refractivity contribution >= 4 is 17.4 Å². The fourth-order valence-corrected chi connectivity index (χ4v) is 3.55. The van der Waals surface area contributed by atoms with Crippen LogP contribution in [0.25, 0.3) is 0 Å². The van der Waals surface area contributed by atoms with Crippen LogP contribution in [0, 0.1) is 13.8 Å². The van der Waals surface area contributed by atoms with Crippen molar-refractivity contribution < 1.29 is 9.53 Å². The fraction of sp³-hybridized carbons (Fsp3) is 0.412. The van der Waals surface area contributed by atoms with E-state index in [1.807, 2.05) is 19.9 Å². The minimum absolute atomic E-state index is 0.139. The number of amides is 2. The normalized spacial score (nSPS) is 12.6. The van der Waals surface area contributed by atoms with Crippen LogP contribution in [-0.2, 0) is 19.4 Å². The van der Waals surface area contributed by atoms with Gasteiger partial charge in [0, 0.05) is 17.8 Å². The Balaban J connectivity index is 1.42. The molecule has 1 aliphatic rings. The molecule has 5 nitrogen and oxygen atoms in total. The van der Waals surface area contributed by atoms with E-state index in [4.69, 9.17) is 4.74 Å². The lowest BCUT2D eigenvalue weighted by molar-refractivity contribution is 0.240. The van der Waals surface area contributed by atoms with Gasteiger partial charge in [-0.15, -0.1) is 11.3 Å². The number of fused-ring (bicyclic) bond motifs is 1. The molecule has 0 saturated carbocycles. The molecule has 2 aromatic rings. The predicted molar refractivity (Wildman–Crippen MR) is 91.2 cm³/mol. The van der Waals surface area contributed by atoms with Crippen LogP contribution in [0.5, 0.6) is 5.75 Å². The Labute approximate surface area is 140 Å². The van der Waals surface area contributed by atoms with Crippen LogP contribution in [0.15, 0.2) is 18.2 Å². The summed E-state index contributed by atoms with van der Waals surface area (Å²) in [5.74, 6) is 0.995. The number of aryl methyl sites for hydroxylation is 2. The zero-order valence-electron chi connectivity index (χ0n) is 13.4. The zero-order chi connectivity index (χ0) is 16.2. The Hall–Kier alpha value is -2.08. The van der Waals surface area contributed by atoms with Gasteiger partial charge in [-0.2, -0.15) is 0 Å². The molecule has 1 aromatic heterocycles. The van der Waals surface area contributed by atoms with Gasteiger partial charge < -0.3 is 15.4 Å². The first-order chi connectivity index (χ1) is 11.1. The van der Waals surface area contributed by atoms with Gasteiger partial charge >= 0.3 is 6.03 Å². The summed E-state index contributed by atoms with van der Waals surface area (Å²) in [5.41, 5.74) is 3.49. The Morgan fingerprint density at radius 2 is 2.22 bits per heavy atom. The topological polar surface area (TPSA) is 63.2 Å². The lowest BCUT2D eigenvalue weighted by Crippen LogP contribution is -2.36. The van der Waals surface area contributed by atoms with Gasteiger partial charge in [-0.25, -0.2) is 9.78 Å². The van der Waals surface area contributed by atoms with E-state index < -0.39 is 0 Å². The number of nitrogens with one attached hydrogen (secondary N) is 2. The molecule has 6 heteroatoms. The number of aromatic nitrogens is 1. The molecule has 23 heavy (non-hydrogen) atoms. The summed E-state index contributed by atoms with van der Waals surface area (Å²) in [4.78, 5) is 17.3. The van der Waals surface area contributed by atoms with Crippen molar-refractivity contribution in [2.75, 3.05) is 13.2 Å². The van der Waals surface area contributed by atoms with Gasteiger partial charge in [0.25, 0.3) is 0 Å². The third-order valence-corrected chi connectivity index (χ3v) is 4.94. The maximum atomic E-state index is 11.9. The predicted octanol–water partition coefficient (Wildman–Crippen LogP) is 2.74. The summed E-state index contributed by atoms with van der Waals surface area (Å²) >= 11 is 1.62. The molecule has 2 N–H and O–H groups in total. The van der Waals surface area contributed by atoms with Crippen molar-refractivity contribution in [3.05, 3.63) is 44.9 Å². The van der Waals surface area contributed by atoms with E-state index in [0.717, 1.165) is 40.8 Å². The molecule has 0 atom stereocenters. The molecule has 0 fully saturated rings. The highest BCUT2D eigenvalue weighted by Gasteiger charge is 2.12. The minimum Gasteiger partial charge on any atom is -0.493 e. The largest absolute Gasteiger partial charge is 0.493 e. The number of benzene rings is 1. The molecular weight excluding hydrogens is 310 g/mol. The first-order valence-electron chi connectivity index (χ1n) is 7.81. The van der Waals surface area contributed by atoms with Crippen LogP contribution in [0.1, 0.15) is 26.7 Å². The third kappa shape index (κ3) is 4.01. The Kier molecular flexibility index (Phi) is 4.81. The van der Waals surface area contributed by atoms with Gasteiger partial charge in [0.15, 0.2) is 0 Å². The van der Waals surface area contributed by atoms with Crippen LogP contribution in [-0.4, -0.2) is 24.2 Å². The van der Waals surface area contributed by atoms with Gasteiger partial charge in [0.05, 0.1) is 23.9 Å². The zero-order valence-corrected chi connectivity index (χ0v) is 14.3. The minimum atomic E-state index is -0.139. The second kappa shape index (κ2) is 7.00. The molecule has 0 saturated heterocycles. The number of hydrogen-bond acceptors (Lipinski definition) is 4. The van der Waals surface area contributed by atoms with Gasteiger partial charge in [-0.3, -0.25) is 0 Å². The fourth-order valence-electron chi connectivity index (χ4n) is 2.68. The number of nitrogens with zero attached hydrogens (tertiary/aromatic N) is 1. The van der Waals surface area contributed by atoms with Crippen molar-refractivity contribution in [3.63, 3.8) is 0 Å².